The molecule has 0 saturated heterocycles. The largest absolute Gasteiger partial charge is 0.354 e. The van der Waals surface area contributed by atoms with Gasteiger partial charge in [-0.1, -0.05) is 27.7 Å². The first-order chi connectivity index (χ1) is 7.77. The van der Waals surface area contributed by atoms with Crippen molar-refractivity contribution in [2.75, 3.05) is 11.5 Å². The van der Waals surface area contributed by atoms with Gasteiger partial charge in [-0.3, -0.25) is 4.79 Å². The summed E-state index contributed by atoms with van der Waals surface area (Å²) in [4.78, 5) is 11.7. The Morgan fingerprint density at radius 3 is 2.47 bits per heavy atom. The lowest BCUT2D eigenvalue weighted by Crippen LogP contribution is -2.42. The predicted molar refractivity (Wildman–Crippen MR) is 77.3 cm³/mol. The lowest BCUT2D eigenvalue weighted by Gasteiger charge is -2.27. The molecule has 0 aliphatic heterocycles. The van der Waals surface area contributed by atoms with E-state index in [4.69, 9.17) is 5.73 Å². The molecule has 2 unspecified atom stereocenters. The van der Waals surface area contributed by atoms with E-state index < -0.39 is 0 Å². The van der Waals surface area contributed by atoms with Crippen LogP contribution in [0.2, 0.25) is 0 Å². The van der Waals surface area contributed by atoms with Crippen LogP contribution in [0.15, 0.2) is 0 Å². The summed E-state index contributed by atoms with van der Waals surface area (Å²) in [6, 6.07) is 0.161. The Balaban J connectivity index is 3.85. The van der Waals surface area contributed by atoms with Crippen molar-refractivity contribution in [1.82, 2.24) is 5.32 Å². The van der Waals surface area contributed by atoms with Gasteiger partial charge in [0.25, 0.3) is 0 Å². The van der Waals surface area contributed by atoms with Gasteiger partial charge in [0.15, 0.2) is 0 Å². The number of carbonyl (C=O) groups excluding carboxylic acids is 1. The minimum atomic E-state index is -0.0836. The Morgan fingerprint density at radius 1 is 1.41 bits per heavy atom. The van der Waals surface area contributed by atoms with E-state index in [1.807, 2.05) is 11.8 Å². The molecule has 2 atom stereocenters. The first-order valence-electron chi connectivity index (χ1n) is 6.40. The topological polar surface area (TPSA) is 55.1 Å². The molecule has 0 heterocycles. The second-order valence-electron chi connectivity index (χ2n) is 5.63. The van der Waals surface area contributed by atoms with E-state index in [-0.39, 0.29) is 23.4 Å². The molecule has 0 spiro atoms. The highest BCUT2D eigenvalue weighted by Gasteiger charge is 2.23. The van der Waals surface area contributed by atoms with Gasteiger partial charge in [0.2, 0.25) is 5.91 Å². The summed E-state index contributed by atoms with van der Waals surface area (Å²) in [6.45, 7) is 10.4. The summed E-state index contributed by atoms with van der Waals surface area (Å²) in [5.41, 5.74) is 5.97. The molecule has 0 aliphatic rings. The van der Waals surface area contributed by atoms with Crippen molar-refractivity contribution in [3.05, 3.63) is 0 Å². The van der Waals surface area contributed by atoms with Crippen LogP contribution in [0, 0.1) is 5.41 Å². The van der Waals surface area contributed by atoms with Gasteiger partial charge in [-0.25, -0.2) is 0 Å². The van der Waals surface area contributed by atoms with Crippen molar-refractivity contribution in [2.45, 2.75) is 59.5 Å². The van der Waals surface area contributed by atoms with Crippen LogP contribution in [-0.2, 0) is 4.79 Å². The van der Waals surface area contributed by atoms with Crippen LogP contribution < -0.4 is 11.1 Å². The molecule has 0 radical (unpaired) electrons. The Hall–Kier alpha value is -0.220. The van der Waals surface area contributed by atoms with Gasteiger partial charge >= 0.3 is 0 Å². The third kappa shape index (κ3) is 8.50. The van der Waals surface area contributed by atoms with Gasteiger partial charge in [-0.15, -0.1) is 0 Å². The van der Waals surface area contributed by atoms with Gasteiger partial charge in [0.05, 0.1) is 0 Å². The van der Waals surface area contributed by atoms with Gasteiger partial charge in [0, 0.05) is 18.5 Å². The smallest absolute Gasteiger partial charge is 0.221 e. The molecule has 0 aromatic heterocycles. The zero-order valence-electron chi connectivity index (χ0n) is 11.9. The number of carbonyl (C=O) groups is 1. The van der Waals surface area contributed by atoms with Crippen molar-refractivity contribution in [3.63, 3.8) is 0 Å². The molecular formula is C13H28N2OS. The van der Waals surface area contributed by atoms with Crippen LogP contribution in [0.3, 0.4) is 0 Å². The standard InChI is InChI=1S/C13H28N2OS/c1-6-17-8-7-10(2)15-12(16)9-11(14)13(3,4)5/h10-11H,6-9,14H2,1-5H3,(H,15,16). The molecule has 3 nitrogen and oxygen atoms in total. The molecule has 3 N–H and O–H groups in total. The summed E-state index contributed by atoms with van der Waals surface area (Å²) in [5, 5.41) is 3.01. The summed E-state index contributed by atoms with van der Waals surface area (Å²) in [5.74, 6) is 2.31. The van der Waals surface area contributed by atoms with Crippen LogP contribution in [0.1, 0.15) is 47.5 Å². The first kappa shape index (κ1) is 16.8. The van der Waals surface area contributed by atoms with E-state index in [0.29, 0.717) is 6.42 Å². The number of hydrogen-bond acceptors (Lipinski definition) is 3. The summed E-state index contributed by atoms with van der Waals surface area (Å²) in [7, 11) is 0. The fraction of sp³-hybridized carbons (Fsp3) is 0.923. The second-order valence-corrected chi connectivity index (χ2v) is 7.02. The zero-order valence-corrected chi connectivity index (χ0v) is 12.7. The van der Waals surface area contributed by atoms with Crippen molar-refractivity contribution in [1.29, 1.82) is 0 Å². The molecule has 0 aromatic carbocycles. The van der Waals surface area contributed by atoms with Crippen LogP contribution in [0.5, 0.6) is 0 Å². The van der Waals surface area contributed by atoms with Gasteiger partial charge in [-0.05, 0) is 30.3 Å². The minimum Gasteiger partial charge on any atom is -0.354 e. The number of amides is 1. The number of hydrogen-bond donors (Lipinski definition) is 2. The molecule has 17 heavy (non-hydrogen) atoms. The average molecular weight is 260 g/mol. The molecule has 0 bridgehead atoms. The number of nitrogens with two attached hydrogens (primary N) is 1. The Morgan fingerprint density at radius 2 is 2.00 bits per heavy atom. The van der Waals surface area contributed by atoms with Crippen LogP contribution in [0.25, 0.3) is 0 Å². The molecule has 0 fully saturated rings. The zero-order chi connectivity index (χ0) is 13.5. The molecule has 0 saturated carbocycles. The van der Waals surface area contributed by atoms with E-state index in [1.165, 1.54) is 0 Å². The normalized spacial score (nSPS) is 15.4. The lowest BCUT2D eigenvalue weighted by molar-refractivity contribution is -0.122. The Bertz CT molecular complexity index is 226. The highest BCUT2D eigenvalue weighted by atomic mass is 32.2. The Kier molecular flexibility index (Phi) is 7.88. The minimum absolute atomic E-state index is 0.0152. The highest BCUT2D eigenvalue weighted by molar-refractivity contribution is 7.99. The van der Waals surface area contributed by atoms with E-state index >= 15 is 0 Å². The van der Waals surface area contributed by atoms with Crippen molar-refractivity contribution in [2.24, 2.45) is 11.1 Å². The fourth-order valence-corrected chi connectivity index (χ4v) is 2.13. The molecule has 0 rings (SSSR count). The maximum atomic E-state index is 11.7. The Labute approximate surface area is 110 Å². The monoisotopic (exact) mass is 260 g/mol. The predicted octanol–water partition coefficient (Wildman–Crippen LogP) is 2.40. The second kappa shape index (κ2) is 7.98. The maximum Gasteiger partial charge on any atom is 0.221 e. The summed E-state index contributed by atoms with van der Waals surface area (Å²) >= 11 is 1.91. The molecule has 102 valence electrons. The summed E-state index contributed by atoms with van der Waals surface area (Å²) < 4.78 is 0. The first-order valence-corrected chi connectivity index (χ1v) is 7.55. The van der Waals surface area contributed by atoms with E-state index in [0.717, 1.165) is 17.9 Å². The van der Waals surface area contributed by atoms with Crippen molar-refractivity contribution < 1.29 is 4.79 Å². The van der Waals surface area contributed by atoms with Gasteiger partial charge in [-0.2, -0.15) is 11.8 Å². The fourth-order valence-electron chi connectivity index (χ4n) is 1.32. The van der Waals surface area contributed by atoms with E-state index in [2.05, 4.69) is 39.9 Å². The van der Waals surface area contributed by atoms with Crippen molar-refractivity contribution in [3.8, 4) is 0 Å². The van der Waals surface area contributed by atoms with Crippen molar-refractivity contribution >= 4 is 17.7 Å². The SMILES string of the molecule is CCSCCC(C)NC(=O)CC(N)C(C)(C)C. The van der Waals surface area contributed by atoms with E-state index in [1.54, 1.807) is 0 Å². The van der Waals surface area contributed by atoms with Crippen LogP contribution >= 0.6 is 11.8 Å². The third-order valence-corrected chi connectivity index (χ3v) is 3.76. The average Bonchev–Trinajstić information content (AvgIpc) is 2.16. The maximum absolute atomic E-state index is 11.7. The highest BCUT2D eigenvalue weighted by Crippen LogP contribution is 2.19. The number of thioether (sulfide) groups is 1. The molecule has 0 aromatic rings. The number of rotatable bonds is 7. The van der Waals surface area contributed by atoms with Gasteiger partial charge < -0.3 is 11.1 Å². The molecule has 1 amide bonds. The molecule has 4 heteroatoms. The van der Waals surface area contributed by atoms with Crippen LogP contribution in [0.4, 0.5) is 0 Å². The molecular weight excluding hydrogens is 232 g/mol. The third-order valence-electron chi connectivity index (χ3n) is 2.82. The van der Waals surface area contributed by atoms with Gasteiger partial charge in [0.1, 0.15) is 0 Å². The molecule has 0 aliphatic carbocycles. The lowest BCUT2D eigenvalue weighted by atomic mass is 9.85. The van der Waals surface area contributed by atoms with Crippen LogP contribution in [-0.4, -0.2) is 29.5 Å². The number of nitrogens with one attached hydrogen (secondary N) is 1. The van der Waals surface area contributed by atoms with E-state index in [9.17, 15) is 4.79 Å². The quantitative estimate of drug-likeness (QED) is 0.691. The summed E-state index contributed by atoms with van der Waals surface area (Å²) in [6.07, 6.45) is 1.43.